The van der Waals surface area contributed by atoms with Crippen LogP contribution in [0.3, 0.4) is 0 Å². The number of aryl methyl sites for hydroxylation is 1. The highest BCUT2D eigenvalue weighted by molar-refractivity contribution is 5.52. The molecule has 0 saturated heterocycles. The second-order valence-electron chi connectivity index (χ2n) is 4.18. The highest BCUT2D eigenvalue weighted by atomic mass is 16.3. The highest BCUT2D eigenvalue weighted by Gasteiger charge is 2.16. The van der Waals surface area contributed by atoms with Gasteiger partial charge >= 0.3 is 0 Å². The van der Waals surface area contributed by atoms with Crippen LogP contribution < -0.4 is 0 Å². The monoisotopic (exact) mass is 243 g/mol. The summed E-state index contributed by atoms with van der Waals surface area (Å²) in [6, 6.07) is 0. The first-order valence-electron chi connectivity index (χ1n) is 5.67. The van der Waals surface area contributed by atoms with Crippen molar-refractivity contribution in [3.05, 3.63) is 48.6 Å². The minimum Gasteiger partial charge on any atom is -0.388 e. The van der Waals surface area contributed by atoms with Crippen LogP contribution in [-0.4, -0.2) is 29.3 Å². The van der Waals surface area contributed by atoms with Crippen LogP contribution >= 0.6 is 0 Å². The molecule has 0 fully saturated rings. The first-order chi connectivity index (χ1) is 8.75. The third-order valence-corrected chi connectivity index (χ3v) is 3.01. The molecule has 0 bridgehead atoms. The Morgan fingerprint density at radius 1 is 1.28 bits per heavy atom. The van der Waals surface area contributed by atoms with Crippen molar-refractivity contribution in [1.82, 2.24) is 24.1 Å². The van der Waals surface area contributed by atoms with Crippen LogP contribution in [0.2, 0.25) is 0 Å². The van der Waals surface area contributed by atoms with Crippen molar-refractivity contribution >= 4 is 5.52 Å². The molecule has 18 heavy (non-hydrogen) atoms. The summed E-state index contributed by atoms with van der Waals surface area (Å²) in [5.74, 6) is 0.839. The molecule has 0 aromatic carbocycles. The Bertz CT molecular complexity index is 672. The van der Waals surface area contributed by atoms with E-state index in [2.05, 4.69) is 15.1 Å². The summed E-state index contributed by atoms with van der Waals surface area (Å²) < 4.78 is 3.59. The summed E-state index contributed by atoms with van der Waals surface area (Å²) in [7, 11) is 1.91. The molecule has 3 heterocycles. The maximum atomic E-state index is 10.3. The van der Waals surface area contributed by atoms with E-state index in [1.54, 1.807) is 35.5 Å². The molecule has 0 aliphatic rings. The average molecular weight is 243 g/mol. The minimum atomic E-state index is -0.632. The molecule has 1 N–H and O–H groups in total. The smallest absolute Gasteiger partial charge is 0.111 e. The molecule has 6 nitrogen and oxygen atoms in total. The zero-order valence-corrected chi connectivity index (χ0v) is 9.93. The Morgan fingerprint density at radius 3 is 2.94 bits per heavy atom. The van der Waals surface area contributed by atoms with Crippen molar-refractivity contribution < 1.29 is 5.11 Å². The van der Waals surface area contributed by atoms with E-state index >= 15 is 0 Å². The number of fused-ring (bicyclic) bond motifs is 1. The lowest BCUT2D eigenvalue weighted by molar-refractivity contribution is 0.176. The van der Waals surface area contributed by atoms with E-state index in [1.165, 1.54) is 0 Å². The molecule has 1 unspecified atom stereocenters. The maximum absolute atomic E-state index is 10.3. The fourth-order valence-electron chi connectivity index (χ4n) is 1.99. The standard InChI is InChI=1S/C12H13N5O/c1-16-4-3-14-12(16)6-11(18)9-7-15-17-5-2-13-8-10(9)17/h2-5,7-8,11,18H,6H2,1H3. The van der Waals surface area contributed by atoms with Gasteiger partial charge in [-0.3, -0.25) is 4.98 Å². The lowest BCUT2D eigenvalue weighted by Gasteiger charge is -2.08. The number of hydrogen-bond donors (Lipinski definition) is 1. The fraction of sp³-hybridized carbons (Fsp3) is 0.250. The van der Waals surface area contributed by atoms with E-state index in [9.17, 15) is 5.11 Å². The molecule has 0 amide bonds. The Morgan fingerprint density at radius 2 is 2.17 bits per heavy atom. The van der Waals surface area contributed by atoms with Gasteiger partial charge in [0.15, 0.2) is 0 Å². The number of hydrogen-bond acceptors (Lipinski definition) is 4. The first-order valence-corrected chi connectivity index (χ1v) is 5.67. The van der Waals surface area contributed by atoms with Crippen LogP contribution in [-0.2, 0) is 13.5 Å². The van der Waals surface area contributed by atoms with Gasteiger partial charge in [-0.25, -0.2) is 9.50 Å². The van der Waals surface area contributed by atoms with Gasteiger partial charge in [0.05, 0.1) is 24.0 Å². The predicted molar refractivity (Wildman–Crippen MR) is 64.9 cm³/mol. The van der Waals surface area contributed by atoms with E-state index in [-0.39, 0.29) is 0 Å². The topological polar surface area (TPSA) is 68.2 Å². The second-order valence-corrected chi connectivity index (χ2v) is 4.18. The third-order valence-electron chi connectivity index (χ3n) is 3.01. The van der Waals surface area contributed by atoms with Crippen molar-refractivity contribution in [3.63, 3.8) is 0 Å². The van der Waals surface area contributed by atoms with Gasteiger partial charge in [0, 0.05) is 43.8 Å². The van der Waals surface area contributed by atoms with Crippen LogP contribution in [0.1, 0.15) is 17.5 Å². The highest BCUT2D eigenvalue weighted by Crippen LogP contribution is 2.21. The lowest BCUT2D eigenvalue weighted by Crippen LogP contribution is -2.06. The van der Waals surface area contributed by atoms with Crippen LogP contribution in [0.25, 0.3) is 5.52 Å². The van der Waals surface area contributed by atoms with Gasteiger partial charge < -0.3 is 9.67 Å². The van der Waals surface area contributed by atoms with Crippen molar-refractivity contribution in [2.75, 3.05) is 0 Å². The molecule has 92 valence electrons. The summed E-state index contributed by atoms with van der Waals surface area (Å²) in [5, 5.41) is 14.5. The zero-order valence-electron chi connectivity index (χ0n) is 9.93. The zero-order chi connectivity index (χ0) is 12.5. The Hall–Kier alpha value is -2.21. The largest absolute Gasteiger partial charge is 0.388 e. The fourth-order valence-corrected chi connectivity index (χ4v) is 1.99. The number of imidazole rings is 1. The molecule has 0 radical (unpaired) electrons. The number of rotatable bonds is 3. The molecule has 3 rings (SSSR count). The van der Waals surface area contributed by atoms with Crippen molar-refractivity contribution in [2.24, 2.45) is 7.05 Å². The maximum Gasteiger partial charge on any atom is 0.111 e. The summed E-state index contributed by atoms with van der Waals surface area (Å²) in [6.45, 7) is 0. The lowest BCUT2D eigenvalue weighted by atomic mass is 10.1. The Balaban J connectivity index is 1.93. The van der Waals surface area contributed by atoms with Crippen molar-refractivity contribution in [3.8, 4) is 0 Å². The summed E-state index contributed by atoms with van der Waals surface area (Å²) >= 11 is 0. The van der Waals surface area contributed by atoms with Gasteiger partial charge in [-0.2, -0.15) is 5.10 Å². The number of nitrogens with zero attached hydrogens (tertiary/aromatic N) is 5. The predicted octanol–water partition coefficient (Wildman–Crippen LogP) is 0.739. The van der Waals surface area contributed by atoms with Crippen molar-refractivity contribution in [2.45, 2.75) is 12.5 Å². The van der Waals surface area contributed by atoms with Gasteiger partial charge in [-0.1, -0.05) is 0 Å². The van der Waals surface area contributed by atoms with E-state index in [4.69, 9.17) is 0 Å². The molecule has 3 aromatic rings. The van der Waals surface area contributed by atoms with Crippen molar-refractivity contribution in [1.29, 1.82) is 0 Å². The Labute approximate surface area is 104 Å². The molecular weight excluding hydrogens is 230 g/mol. The molecular formula is C12H13N5O. The molecule has 1 atom stereocenters. The van der Waals surface area contributed by atoms with Crippen LogP contribution in [0.15, 0.2) is 37.2 Å². The van der Waals surface area contributed by atoms with Gasteiger partial charge in [0.2, 0.25) is 0 Å². The molecule has 6 heteroatoms. The second kappa shape index (κ2) is 4.23. The van der Waals surface area contributed by atoms with Crippen LogP contribution in [0, 0.1) is 0 Å². The quantitative estimate of drug-likeness (QED) is 0.736. The average Bonchev–Trinajstić information content (AvgIpc) is 2.96. The van der Waals surface area contributed by atoms with E-state index in [0.29, 0.717) is 6.42 Å². The normalized spacial score (nSPS) is 13.0. The van der Waals surface area contributed by atoms with Gasteiger partial charge in [0.1, 0.15) is 5.82 Å². The Kier molecular flexibility index (Phi) is 2.56. The number of aromatic nitrogens is 5. The first kappa shape index (κ1) is 10.9. The SMILES string of the molecule is Cn1ccnc1CC(O)c1cnn2ccncc12. The number of aliphatic hydroxyl groups is 1. The third kappa shape index (κ3) is 1.76. The van der Waals surface area contributed by atoms with E-state index in [1.807, 2.05) is 17.8 Å². The van der Waals surface area contributed by atoms with Gasteiger partial charge in [-0.15, -0.1) is 0 Å². The minimum absolute atomic E-state index is 0.458. The molecule has 0 aliphatic heterocycles. The molecule has 0 aliphatic carbocycles. The summed E-state index contributed by atoms with van der Waals surface area (Å²) in [5.41, 5.74) is 1.59. The van der Waals surface area contributed by atoms with E-state index < -0.39 is 6.10 Å². The van der Waals surface area contributed by atoms with Gasteiger partial charge in [0.25, 0.3) is 0 Å². The van der Waals surface area contributed by atoms with Crippen LogP contribution in [0.4, 0.5) is 0 Å². The van der Waals surface area contributed by atoms with Crippen LogP contribution in [0.5, 0.6) is 0 Å². The summed E-state index contributed by atoms with van der Waals surface area (Å²) in [6.07, 6.45) is 10.2. The van der Waals surface area contributed by atoms with Gasteiger partial charge in [-0.05, 0) is 0 Å². The molecule has 3 aromatic heterocycles. The summed E-state index contributed by atoms with van der Waals surface area (Å²) in [4.78, 5) is 8.26. The number of aliphatic hydroxyl groups excluding tert-OH is 1. The van der Waals surface area contributed by atoms with E-state index in [0.717, 1.165) is 16.9 Å². The molecule has 0 spiro atoms. The molecule has 0 saturated carbocycles.